The highest BCUT2D eigenvalue weighted by Gasteiger charge is 2.23. The van der Waals surface area contributed by atoms with Gasteiger partial charge in [0.15, 0.2) is 0 Å². The SMILES string of the molecule is COc1cc(N=Nc2ccc([N+](=O)[O-])cc2)c(OC)cc1N=Nc1ccc(N(C)CCCNC(=O)CCN2C(=O)C=CC2=O)cc1. The lowest BCUT2D eigenvalue weighted by Crippen LogP contribution is -2.35. The molecule has 1 aliphatic heterocycles. The lowest BCUT2D eigenvalue weighted by molar-refractivity contribution is -0.384. The molecule has 238 valence electrons. The monoisotopic (exact) mass is 628 g/mol. The second-order valence-electron chi connectivity index (χ2n) is 9.92. The normalized spacial score (nSPS) is 12.7. The number of nitro benzene ring substituents is 1. The maximum atomic E-state index is 12.1. The number of imide groups is 1. The molecule has 3 aromatic carbocycles. The first kappa shape index (κ1) is 32.9. The van der Waals surface area contributed by atoms with E-state index < -0.39 is 16.7 Å². The molecule has 1 heterocycles. The van der Waals surface area contributed by atoms with Crippen LogP contribution in [-0.4, -0.2) is 68.4 Å². The van der Waals surface area contributed by atoms with Crippen molar-refractivity contribution in [3.8, 4) is 11.5 Å². The number of amides is 3. The molecule has 0 radical (unpaired) electrons. The van der Waals surface area contributed by atoms with E-state index in [9.17, 15) is 24.5 Å². The topological polar surface area (TPSA) is 181 Å². The maximum absolute atomic E-state index is 12.1. The standard InChI is InChI=1S/C31H32N8O7/c1-37(17-4-16-32-29(40)15-18-38-30(41)13-14-31(38)42)23-9-5-21(6-10-23)33-35-25-19-28(46-3)26(20-27(25)45-2)36-34-22-7-11-24(12-8-22)39(43)44/h5-14,19-20H,4,15-18H2,1-3H3,(H,32,40). The molecule has 0 saturated carbocycles. The molecule has 3 aromatic rings. The molecule has 0 fully saturated rings. The van der Waals surface area contributed by atoms with Crippen LogP contribution in [0.1, 0.15) is 12.8 Å². The van der Waals surface area contributed by atoms with Crippen molar-refractivity contribution in [2.45, 2.75) is 12.8 Å². The van der Waals surface area contributed by atoms with Gasteiger partial charge in [-0.15, -0.1) is 10.2 Å². The number of rotatable bonds is 15. The molecule has 3 amide bonds. The molecule has 0 aromatic heterocycles. The molecule has 4 rings (SSSR count). The number of nitro groups is 1. The Bertz CT molecular complexity index is 1650. The first-order chi connectivity index (χ1) is 22.2. The third-order valence-electron chi connectivity index (χ3n) is 6.83. The van der Waals surface area contributed by atoms with E-state index in [0.717, 1.165) is 10.6 Å². The van der Waals surface area contributed by atoms with Crippen molar-refractivity contribution >= 4 is 51.8 Å². The molecule has 15 nitrogen and oxygen atoms in total. The number of carbonyl (C=O) groups excluding carboxylic acids is 3. The van der Waals surface area contributed by atoms with E-state index in [2.05, 4.69) is 25.8 Å². The summed E-state index contributed by atoms with van der Waals surface area (Å²) in [6.45, 7) is 1.20. The Hall–Kier alpha value is -5.99. The molecule has 0 aliphatic carbocycles. The highest BCUT2D eigenvalue weighted by molar-refractivity contribution is 6.13. The fourth-order valence-electron chi connectivity index (χ4n) is 4.29. The quantitative estimate of drug-likeness (QED) is 0.0731. The summed E-state index contributed by atoms with van der Waals surface area (Å²) >= 11 is 0. The number of nitrogens with zero attached hydrogens (tertiary/aromatic N) is 7. The van der Waals surface area contributed by atoms with E-state index in [1.807, 2.05) is 36.2 Å². The Morgan fingerprint density at radius 3 is 1.89 bits per heavy atom. The van der Waals surface area contributed by atoms with Crippen molar-refractivity contribution in [1.29, 1.82) is 0 Å². The number of carbonyl (C=O) groups is 3. The van der Waals surface area contributed by atoms with Crippen LogP contribution in [0.15, 0.2) is 93.3 Å². The first-order valence-corrected chi connectivity index (χ1v) is 14.1. The van der Waals surface area contributed by atoms with Gasteiger partial charge in [0, 0.05) is 75.2 Å². The first-order valence-electron chi connectivity index (χ1n) is 14.1. The predicted molar refractivity (Wildman–Crippen MR) is 169 cm³/mol. The maximum Gasteiger partial charge on any atom is 0.269 e. The van der Waals surface area contributed by atoms with Gasteiger partial charge in [0.05, 0.1) is 30.5 Å². The van der Waals surface area contributed by atoms with Gasteiger partial charge in [-0.1, -0.05) is 0 Å². The van der Waals surface area contributed by atoms with Crippen LogP contribution in [0.3, 0.4) is 0 Å². The zero-order chi connectivity index (χ0) is 33.1. The molecule has 0 atom stereocenters. The molecule has 1 N–H and O–H groups in total. The number of non-ortho nitro benzene ring substituents is 1. The fraction of sp³-hybridized carbons (Fsp3) is 0.258. The average Bonchev–Trinajstić information content (AvgIpc) is 3.39. The van der Waals surface area contributed by atoms with E-state index in [1.165, 1.54) is 50.6 Å². The van der Waals surface area contributed by atoms with Crippen molar-refractivity contribution in [1.82, 2.24) is 10.2 Å². The van der Waals surface area contributed by atoms with Gasteiger partial charge in [-0.05, 0) is 42.8 Å². The number of hydrogen-bond acceptors (Lipinski definition) is 12. The summed E-state index contributed by atoms with van der Waals surface area (Å²) in [4.78, 5) is 48.7. The lowest BCUT2D eigenvalue weighted by atomic mass is 10.2. The molecule has 46 heavy (non-hydrogen) atoms. The summed E-state index contributed by atoms with van der Waals surface area (Å²) in [6, 6.07) is 16.4. The summed E-state index contributed by atoms with van der Waals surface area (Å²) in [6.07, 6.45) is 3.15. The number of ether oxygens (including phenoxy) is 2. The minimum atomic E-state index is -0.489. The number of anilines is 1. The third kappa shape index (κ3) is 8.78. The molecule has 15 heteroatoms. The van der Waals surface area contributed by atoms with E-state index in [1.54, 1.807) is 12.1 Å². The Kier molecular flexibility index (Phi) is 11.2. The van der Waals surface area contributed by atoms with Crippen LogP contribution in [0.4, 0.5) is 34.1 Å². The van der Waals surface area contributed by atoms with Crippen LogP contribution in [0.5, 0.6) is 11.5 Å². The zero-order valence-electron chi connectivity index (χ0n) is 25.5. The van der Waals surface area contributed by atoms with Crippen molar-refractivity contribution in [2.75, 3.05) is 45.8 Å². The fourth-order valence-corrected chi connectivity index (χ4v) is 4.29. The number of benzene rings is 3. The van der Waals surface area contributed by atoms with Gasteiger partial charge in [0.25, 0.3) is 17.5 Å². The Labute approximate surface area is 264 Å². The van der Waals surface area contributed by atoms with Crippen molar-refractivity contribution < 1.29 is 28.8 Å². The number of nitrogens with one attached hydrogen (secondary N) is 1. The summed E-state index contributed by atoms with van der Waals surface area (Å²) in [5, 5.41) is 30.7. The molecule has 0 saturated heterocycles. The van der Waals surface area contributed by atoms with E-state index in [0.29, 0.717) is 53.8 Å². The van der Waals surface area contributed by atoms with Gasteiger partial charge >= 0.3 is 0 Å². The summed E-state index contributed by atoms with van der Waals surface area (Å²) < 4.78 is 10.9. The minimum absolute atomic E-state index is 0.0442. The Morgan fingerprint density at radius 2 is 1.39 bits per heavy atom. The Balaban J connectivity index is 1.29. The zero-order valence-corrected chi connectivity index (χ0v) is 25.5. The molecule has 1 aliphatic rings. The van der Waals surface area contributed by atoms with Crippen molar-refractivity contribution in [2.24, 2.45) is 20.5 Å². The molecule has 0 unspecified atom stereocenters. The Morgan fingerprint density at radius 1 is 0.870 bits per heavy atom. The van der Waals surface area contributed by atoms with E-state index in [4.69, 9.17) is 9.47 Å². The lowest BCUT2D eigenvalue weighted by Gasteiger charge is -2.19. The van der Waals surface area contributed by atoms with Gasteiger partial charge < -0.3 is 19.7 Å². The smallest absolute Gasteiger partial charge is 0.269 e. The average molecular weight is 629 g/mol. The van der Waals surface area contributed by atoms with E-state index >= 15 is 0 Å². The second-order valence-corrected chi connectivity index (χ2v) is 9.92. The van der Waals surface area contributed by atoms with Gasteiger partial charge in [0.1, 0.15) is 22.9 Å². The number of methoxy groups -OCH3 is 2. The van der Waals surface area contributed by atoms with Crippen molar-refractivity contribution in [3.63, 3.8) is 0 Å². The van der Waals surface area contributed by atoms with Gasteiger partial charge in [-0.3, -0.25) is 29.4 Å². The highest BCUT2D eigenvalue weighted by Crippen LogP contribution is 2.41. The number of azo groups is 2. The summed E-state index contributed by atoms with van der Waals surface area (Å²) in [5.41, 5.74) is 2.72. The summed E-state index contributed by atoms with van der Waals surface area (Å²) in [5.74, 6) is -0.253. The minimum Gasteiger partial charge on any atom is -0.494 e. The second kappa shape index (κ2) is 15.7. The van der Waals surface area contributed by atoms with Crippen molar-refractivity contribution in [3.05, 3.63) is 82.9 Å². The number of hydrogen-bond donors (Lipinski definition) is 1. The van der Waals surface area contributed by atoms with Crippen LogP contribution in [-0.2, 0) is 14.4 Å². The molecular weight excluding hydrogens is 596 g/mol. The third-order valence-corrected chi connectivity index (χ3v) is 6.83. The van der Waals surface area contributed by atoms with Crippen LogP contribution in [0.25, 0.3) is 0 Å². The highest BCUT2D eigenvalue weighted by atomic mass is 16.6. The predicted octanol–water partition coefficient (Wildman–Crippen LogP) is 5.70. The molecule has 0 bridgehead atoms. The largest absolute Gasteiger partial charge is 0.494 e. The van der Waals surface area contributed by atoms with Crippen LogP contribution in [0.2, 0.25) is 0 Å². The molecule has 0 spiro atoms. The van der Waals surface area contributed by atoms with Crippen LogP contribution < -0.4 is 19.7 Å². The van der Waals surface area contributed by atoms with Gasteiger partial charge in [-0.2, -0.15) is 10.2 Å². The van der Waals surface area contributed by atoms with E-state index in [-0.39, 0.29) is 24.6 Å². The van der Waals surface area contributed by atoms with Crippen LogP contribution >= 0.6 is 0 Å². The molecular formula is C31H32N8O7. The van der Waals surface area contributed by atoms with Gasteiger partial charge in [0.2, 0.25) is 5.91 Å². The van der Waals surface area contributed by atoms with Gasteiger partial charge in [-0.25, -0.2) is 0 Å². The summed E-state index contributed by atoms with van der Waals surface area (Å²) in [7, 11) is 4.91. The van der Waals surface area contributed by atoms with Crippen LogP contribution in [0, 0.1) is 10.1 Å².